The fourth-order valence-corrected chi connectivity index (χ4v) is 5.32. The number of amides is 1. The highest BCUT2D eigenvalue weighted by molar-refractivity contribution is 6.02. The van der Waals surface area contributed by atoms with E-state index in [1.807, 2.05) is 48.7 Å². The van der Waals surface area contributed by atoms with Gasteiger partial charge >= 0.3 is 0 Å². The predicted molar refractivity (Wildman–Crippen MR) is 154 cm³/mol. The van der Waals surface area contributed by atoms with Gasteiger partial charge < -0.3 is 30.3 Å². The molecule has 11 heteroatoms. The first-order valence-electron chi connectivity index (χ1n) is 13.1. The van der Waals surface area contributed by atoms with E-state index >= 15 is 0 Å². The molecule has 0 aliphatic carbocycles. The Bertz CT molecular complexity index is 1510. The Balaban J connectivity index is 1.31. The van der Waals surface area contributed by atoms with Crippen molar-refractivity contribution in [2.24, 2.45) is 0 Å². The van der Waals surface area contributed by atoms with Crippen LogP contribution in [0.2, 0.25) is 0 Å². The minimum Gasteiger partial charge on any atom is -0.494 e. The molecule has 2 aromatic carbocycles. The number of nitrogens with one attached hydrogen (secondary N) is 3. The molecule has 3 N–H and O–H groups in total. The number of methoxy groups -OCH3 is 1. The van der Waals surface area contributed by atoms with Crippen LogP contribution in [0.3, 0.4) is 0 Å². The summed E-state index contributed by atoms with van der Waals surface area (Å²) in [5.41, 5.74) is 3.93. The first kappa shape index (κ1) is 25.4. The lowest BCUT2D eigenvalue weighted by molar-refractivity contribution is -0.111. The highest BCUT2D eigenvalue weighted by Gasteiger charge is 2.39. The van der Waals surface area contributed by atoms with Crippen LogP contribution in [-0.2, 0) is 9.53 Å². The zero-order valence-electron chi connectivity index (χ0n) is 22.1. The number of morpholine rings is 1. The third-order valence-electron chi connectivity index (χ3n) is 7.13. The number of ether oxygens (including phenoxy) is 2. The molecular weight excluding hydrogens is 508 g/mol. The van der Waals surface area contributed by atoms with Crippen molar-refractivity contribution in [1.82, 2.24) is 19.7 Å². The fraction of sp³-hybridized carbons (Fsp3) is 0.241. The van der Waals surface area contributed by atoms with Crippen LogP contribution in [-0.4, -0.2) is 58.1 Å². The first-order chi connectivity index (χ1) is 19.6. The zero-order valence-corrected chi connectivity index (χ0v) is 22.1. The summed E-state index contributed by atoms with van der Waals surface area (Å²) in [6, 6.07) is 15.8. The van der Waals surface area contributed by atoms with Crippen LogP contribution in [0.15, 0.2) is 79.9 Å². The van der Waals surface area contributed by atoms with E-state index in [-0.39, 0.29) is 18.0 Å². The van der Waals surface area contributed by atoms with Gasteiger partial charge in [0.2, 0.25) is 5.91 Å². The van der Waals surface area contributed by atoms with Gasteiger partial charge in [-0.25, -0.2) is 14.6 Å². The second kappa shape index (κ2) is 11.1. The molecule has 40 heavy (non-hydrogen) atoms. The summed E-state index contributed by atoms with van der Waals surface area (Å²) in [6.07, 6.45) is 8.45. The standard InChI is InChI=1S/C29H30N8O3/c1-3-29(38)35-22-13-23(26(39-2)14-25(22)37-19-9-10-20(37)17-40-16-19)34-28-15-27(30-18-31-28)33-21-7-4-5-8-24(21)36-12-6-11-32-36/h3-8,11-15,18-20H,1,9-10,16-17H2,2H3,(H,35,38)(H2,30,31,33,34). The summed E-state index contributed by atoms with van der Waals surface area (Å²) in [5.74, 6) is 1.47. The van der Waals surface area contributed by atoms with Crippen molar-refractivity contribution in [2.45, 2.75) is 24.9 Å². The van der Waals surface area contributed by atoms with Crippen LogP contribution in [0, 0.1) is 0 Å². The van der Waals surface area contributed by atoms with E-state index in [1.54, 1.807) is 24.1 Å². The van der Waals surface area contributed by atoms with Gasteiger partial charge in [0.25, 0.3) is 0 Å². The number of benzene rings is 2. The third kappa shape index (κ3) is 5.06. The molecule has 1 amide bonds. The molecule has 2 bridgehead atoms. The van der Waals surface area contributed by atoms with Crippen LogP contribution in [0.1, 0.15) is 12.8 Å². The van der Waals surface area contributed by atoms with Gasteiger partial charge in [0.05, 0.1) is 60.8 Å². The molecule has 4 aromatic rings. The monoisotopic (exact) mass is 538 g/mol. The Kier molecular flexibility index (Phi) is 7.02. The molecule has 2 fully saturated rings. The molecule has 2 aromatic heterocycles. The summed E-state index contributed by atoms with van der Waals surface area (Å²) < 4.78 is 13.4. The number of carbonyl (C=O) groups is 1. The molecule has 2 unspecified atom stereocenters. The molecule has 204 valence electrons. The molecule has 4 heterocycles. The summed E-state index contributed by atoms with van der Waals surface area (Å²) in [5, 5.41) is 14.0. The lowest BCUT2D eigenvalue weighted by Gasteiger charge is -2.38. The molecule has 2 aliphatic rings. The number of hydrogen-bond acceptors (Lipinski definition) is 9. The van der Waals surface area contributed by atoms with Gasteiger partial charge in [0, 0.05) is 24.5 Å². The Labute approximate surface area is 231 Å². The van der Waals surface area contributed by atoms with Crippen LogP contribution in [0.5, 0.6) is 5.75 Å². The summed E-state index contributed by atoms with van der Waals surface area (Å²) in [6.45, 7) is 4.94. The molecule has 2 aliphatic heterocycles. The van der Waals surface area contributed by atoms with E-state index in [9.17, 15) is 4.79 Å². The van der Waals surface area contributed by atoms with E-state index < -0.39 is 0 Å². The van der Waals surface area contributed by atoms with Gasteiger partial charge in [-0.3, -0.25) is 4.79 Å². The average molecular weight is 539 g/mol. The van der Waals surface area contributed by atoms with Crippen LogP contribution < -0.4 is 25.6 Å². The molecule has 0 saturated carbocycles. The highest BCUT2D eigenvalue weighted by atomic mass is 16.5. The van der Waals surface area contributed by atoms with Crippen molar-refractivity contribution in [3.63, 3.8) is 0 Å². The number of para-hydroxylation sites is 2. The van der Waals surface area contributed by atoms with Crippen molar-refractivity contribution in [2.75, 3.05) is 41.2 Å². The lowest BCUT2D eigenvalue weighted by atomic mass is 10.1. The summed E-state index contributed by atoms with van der Waals surface area (Å²) in [4.78, 5) is 23.5. The van der Waals surface area contributed by atoms with Gasteiger partial charge in [-0.15, -0.1) is 0 Å². The Morgan fingerprint density at radius 3 is 2.45 bits per heavy atom. The number of nitrogens with zero attached hydrogens (tertiary/aromatic N) is 5. The normalized spacial score (nSPS) is 17.8. The number of aromatic nitrogens is 4. The highest BCUT2D eigenvalue weighted by Crippen LogP contribution is 2.43. The maximum atomic E-state index is 12.4. The van der Waals surface area contributed by atoms with Gasteiger partial charge in [-0.1, -0.05) is 18.7 Å². The number of carbonyl (C=O) groups excluding carboxylic acids is 1. The van der Waals surface area contributed by atoms with Crippen LogP contribution in [0.25, 0.3) is 5.69 Å². The van der Waals surface area contributed by atoms with E-state index in [1.165, 1.54) is 12.4 Å². The summed E-state index contributed by atoms with van der Waals surface area (Å²) >= 11 is 0. The Hall–Kier alpha value is -4.90. The molecule has 2 saturated heterocycles. The molecule has 0 radical (unpaired) electrons. The number of hydrogen-bond donors (Lipinski definition) is 3. The second-order valence-corrected chi connectivity index (χ2v) is 9.60. The van der Waals surface area contributed by atoms with E-state index in [0.29, 0.717) is 42.0 Å². The largest absolute Gasteiger partial charge is 0.494 e. The average Bonchev–Trinajstić information content (AvgIpc) is 3.59. The topological polar surface area (TPSA) is 118 Å². The van der Waals surface area contributed by atoms with E-state index in [2.05, 4.69) is 42.5 Å². The molecule has 0 spiro atoms. The Morgan fingerprint density at radius 2 is 1.75 bits per heavy atom. The SMILES string of the molecule is C=CC(=O)Nc1cc(Nc2cc(Nc3ccccc3-n3cccn3)ncn2)c(OC)cc1N1C2CCC1COC2. The predicted octanol–water partition coefficient (Wildman–Crippen LogP) is 4.65. The number of anilines is 6. The van der Waals surface area contributed by atoms with Crippen molar-refractivity contribution >= 4 is 40.3 Å². The molecule has 11 nitrogen and oxygen atoms in total. The fourth-order valence-electron chi connectivity index (χ4n) is 5.32. The smallest absolute Gasteiger partial charge is 0.247 e. The zero-order chi connectivity index (χ0) is 27.5. The number of fused-ring (bicyclic) bond motifs is 2. The van der Waals surface area contributed by atoms with E-state index in [4.69, 9.17) is 9.47 Å². The third-order valence-corrected chi connectivity index (χ3v) is 7.13. The van der Waals surface area contributed by atoms with Crippen LogP contribution >= 0.6 is 0 Å². The first-order valence-corrected chi connectivity index (χ1v) is 13.1. The van der Waals surface area contributed by atoms with Crippen molar-refractivity contribution in [3.8, 4) is 11.4 Å². The second-order valence-electron chi connectivity index (χ2n) is 9.60. The maximum absolute atomic E-state index is 12.4. The minimum absolute atomic E-state index is 0.252. The maximum Gasteiger partial charge on any atom is 0.247 e. The van der Waals surface area contributed by atoms with Crippen LogP contribution in [0.4, 0.5) is 34.4 Å². The van der Waals surface area contributed by atoms with Crippen molar-refractivity contribution in [3.05, 3.63) is 79.9 Å². The van der Waals surface area contributed by atoms with E-state index in [0.717, 1.165) is 29.9 Å². The summed E-state index contributed by atoms with van der Waals surface area (Å²) in [7, 11) is 1.62. The minimum atomic E-state index is -0.289. The quantitative estimate of drug-likeness (QED) is 0.262. The molecular formula is C29H30N8O3. The van der Waals surface area contributed by atoms with Gasteiger partial charge in [-0.2, -0.15) is 5.10 Å². The Morgan fingerprint density at radius 1 is 1.00 bits per heavy atom. The molecule has 6 rings (SSSR count). The van der Waals surface area contributed by atoms with Crippen molar-refractivity contribution < 1.29 is 14.3 Å². The van der Waals surface area contributed by atoms with Gasteiger partial charge in [0.1, 0.15) is 23.7 Å². The molecule has 2 atom stereocenters. The number of rotatable bonds is 9. The lowest BCUT2D eigenvalue weighted by Crippen LogP contribution is -2.46. The van der Waals surface area contributed by atoms with Crippen molar-refractivity contribution in [1.29, 1.82) is 0 Å². The van der Waals surface area contributed by atoms with Gasteiger partial charge in [0.15, 0.2) is 0 Å². The van der Waals surface area contributed by atoms with Gasteiger partial charge in [-0.05, 0) is 43.2 Å².